The van der Waals surface area contributed by atoms with E-state index in [1.54, 1.807) is 0 Å². The Bertz CT molecular complexity index is 182. The molecular weight excluding hydrogens is 128 g/mol. The molecule has 0 saturated heterocycles. The third kappa shape index (κ3) is 0.939. The lowest BCUT2D eigenvalue weighted by molar-refractivity contribution is -0.142. The first-order valence-corrected chi connectivity index (χ1v) is 3.46. The minimum Gasteiger partial charge on any atom is -0.469 e. The highest BCUT2D eigenvalue weighted by Gasteiger charge is 2.45. The van der Waals surface area contributed by atoms with Gasteiger partial charge in [-0.05, 0) is 12.8 Å². The van der Waals surface area contributed by atoms with Crippen molar-refractivity contribution in [2.75, 3.05) is 7.11 Å². The molecule has 56 valence electrons. The van der Waals surface area contributed by atoms with E-state index in [4.69, 9.17) is 0 Å². The van der Waals surface area contributed by atoms with Gasteiger partial charge in [-0.3, -0.25) is 4.79 Å². The summed E-state index contributed by atoms with van der Waals surface area (Å²) in [6.45, 7) is 3.99. The number of methoxy groups -OCH3 is 1. The maximum Gasteiger partial charge on any atom is 0.313 e. The van der Waals surface area contributed by atoms with Crippen LogP contribution in [0.3, 0.4) is 0 Å². The molecule has 1 aliphatic carbocycles. The third-order valence-corrected chi connectivity index (χ3v) is 2.06. The zero-order valence-electron chi connectivity index (χ0n) is 6.55. The molecule has 2 atom stereocenters. The average Bonchev–Trinajstić information content (AvgIpc) is 2.59. The number of hydrogen-bond acceptors (Lipinski definition) is 2. The van der Waals surface area contributed by atoms with Gasteiger partial charge >= 0.3 is 5.97 Å². The van der Waals surface area contributed by atoms with Crippen molar-refractivity contribution in [2.45, 2.75) is 13.8 Å². The van der Waals surface area contributed by atoms with E-state index in [0.717, 1.165) is 0 Å². The van der Waals surface area contributed by atoms with Crippen LogP contribution in [-0.4, -0.2) is 13.1 Å². The Hall–Kier alpha value is -0.790. The molecule has 0 amide bonds. The van der Waals surface area contributed by atoms with Gasteiger partial charge in [0.1, 0.15) is 0 Å². The Labute approximate surface area is 60.9 Å². The van der Waals surface area contributed by atoms with Crippen molar-refractivity contribution >= 4 is 5.97 Å². The SMILES string of the molecule is C/C=C1/[C@@H](C)[C@H]1C(=O)OC. The summed E-state index contributed by atoms with van der Waals surface area (Å²) in [5.41, 5.74) is 1.21. The van der Waals surface area contributed by atoms with Gasteiger partial charge in [0, 0.05) is 0 Å². The maximum absolute atomic E-state index is 10.9. The molecule has 1 rings (SSSR count). The Morgan fingerprint density at radius 2 is 2.30 bits per heavy atom. The first kappa shape index (κ1) is 7.32. The van der Waals surface area contributed by atoms with E-state index in [1.165, 1.54) is 12.7 Å². The van der Waals surface area contributed by atoms with E-state index in [1.807, 2.05) is 19.9 Å². The van der Waals surface area contributed by atoms with Gasteiger partial charge in [0.2, 0.25) is 0 Å². The molecule has 0 aromatic heterocycles. The van der Waals surface area contributed by atoms with Crippen LogP contribution in [0.5, 0.6) is 0 Å². The number of allylic oxidation sites excluding steroid dienone is 1. The van der Waals surface area contributed by atoms with Crippen LogP contribution in [-0.2, 0) is 9.53 Å². The van der Waals surface area contributed by atoms with E-state index in [0.29, 0.717) is 5.92 Å². The summed E-state index contributed by atoms with van der Waals surface area (Å²) in [7, 11) is 1.43. The van der Waals surface area contributed by atoms with Crippen LogP contribution in [0, 0.1) is 11.8 Å². The smallest absolute Gasteiger partial charge is 0.313 e. The third-order valence-electron chi connectivity index (χ3n) is 2.06. The summed E-state index contributed by atoms with van der Waals surface area (Å²) < 4.78 is 4.60. The zero-order chi connectivity index (χ0) is 7.72. The van der Waals surface area contributed by atoms with Crippen molar-refractivity contribution in [1.29, 1.82) is 0 Å². The van der Waals surface area contributed by atoms with Crippen molar-refractivity contribution in [3.8, 4) is 0 Å². The Kier molecular flexibility index (Phi) is 1.79. The first-order chi connectivity index (χ1) is 4.72. The number of rotatable bonds is 1. The molecule has 1 aliphatic rings. The van der Waals surface area contributed by atoms with Crippen LogP contribution in [0.4, 0.5) is 0 Å². The molecule has 0 aromatic rings. The molecule has 10 heavy (non-hydrogen) atoms. The highest BCUT2D eigenvalue weighted by atomic mass is 16.5. The molecule has 0 unspecified atom stereocenters. The van der Waals surface area contributed by atoms with Crippen molar-refractivity contribution in [2.24, 2.45) is 11.8 Å². The van der Waals surface area contributed by atoms with Gasteiger partial charge in [-0.25, -0.2) is 0 Å². The molecule has 1 saturated carbocycles. The Morgan fingerprint density at radius 3 is 2.60 bits per heavy atom. The van der Waals surface area contributed by atoms with Gasteiger partial charge in [0.15, 0.2) is 0 Å². The molecule has 2 nitrogen and oxygen atoms in total. The van der Waals surface area contributed by atoms with Crippen molar-refractivity contribution in [3.05, 3.63) is 11.6 Å². The van der Waals surface area contributed by atoms with E-state index < -0.39 is 0 Å². The molecule has 0 radical (unpaired) electrons. The van der Waals surface area contributed by atoms with Crippen LogP contribution >= 0.6 is 0 Å². The van der Waals surface area contributed by atoms with Crippen molar-refractivity contribution in [1.82, 2.24) is 0 Å². The zero-order valence-corrected chi connectivity index (χ0v) is 6.55. The number of carbonyl (C=O) groups is 1. The van der Waals surface area contributed by atoms with Gasteiger partial charge in [0.05, 0.1) is 13.0 Å². The second kappa shape index (κ2) is 2.45. The normalized spacial score (nSPS) is 34.1. The Morgan fingerprint density at radius 1 is 1.70 bits per heavy atom. The summed E-state index contributed by atoms with van der Waals surface area (Å²) >= 11 is 0. The second-order valence-electron chi connectivity index (χ2n) is 2.58. The van der Waals surface area contributed by atoms with E-state index in [9.17, 15) is 4.79 Å². The minimum atomic E-state index is -0.0967. The minimum absolute atomic E-state index is 0.0648. The highest BCUT2D eigenvalue weighted by Crippen LogP contribution is 2.45. The molecule has 0 aromatic carbocycles. The number of ether oxygens (including phenoxy) is 1. The van der Waals surface area contributed by atoms with Crippen LogP contribution in [0.25, 0.3) is 0 Å². The molecule has 1 fully saturated rings. The van der Waals surface area contributed by atoms with Gasteiger partial charge in [-0.1, -0.05) is 18.6 Å². The van der Waals surface area contributed by atoms with E-state index in [2.05, 4.69) is 4.74 Å². The molecule has 0 heterocycles. The molecule has 0 N–H and O–H groups in total. The predicted octanol–water partition coefficient (Wildman–Crippen LogP) is 1.37. The van der Waals surface area contributed by atoms with Gasteiger partial charge in [-0.2, -0.15) is 0 Å². The fourth-order valence-electron chi connectivity index (χ4n) is 1.33. The van der Waals surface area contributed by atoms with E-state index >= 15 is 0 Å². The topological polar surface area (TPSA) is 26.3 Å². The van der Waals surface area contributed by atoms with Gasteiger partial charge < -0.3 is 4.74 Å². The summed E-state index contributed by atoms with van der Waals surface area (Å²) in [5.74, 6) is 0.382. The highest BCUT2D eigenvalue weighted by molar-refractivity contribution is 5.81. The second-order valence-corrected chi connectivity index (χ2v) is 2.58. The van der Waals surface area contributed by atoms with Crippen molar-refractivity contribution < 1.29 is 9.53 Å². The van der Waals surface area contributed by atoms with Crippen molar-refractivity contribution in [3.63, 3.8) is 0 Å². The van der Waals surface area contributed by atoms with Gasteiger partial charge in [-0.15, -0.1) is 0 Å². The van der Waals surface area contributed by atoms with Crippen LogP contribution in [0.2, 0.25) is 0 Å². The molecular formula is C8H12O2. The fourth-order valence-corrected chi connectivity index (χ4v) is 1.33. The largest absolute Gasteiger partial charge is 0.469 e. The molecule has 0 aliphatic heterocycles. The number of carbonyl (C=O) groups excluding carboxylic acids is 1. The van der Waals surface area contributed by atoms with Gasteiger partial charge in [0.25, 0.3) is 0 Å². The summed E-state index contributed by atoms with van der Waals surface area (Å²) in [4.78, 5) is 10.9. The van der Waals surface area contributed by atoms with Crippen LogP contribution in [0.15, 0.2) is 11.6 Å². The standard InChI is InChI=1S/C8H12O2/c1-4-6-5(2)7(6)8(9)10-3/h4-5,7H,1-3H3/b6-4-/t5-,7-/m1/s1. The summed E-state index contributed by atoms with van der Waals surface area (Å²) in [6.07, 6.45) is 1.99. The quantitative estimate of drug-likeness (QED) is 0.406. The maximum atomic E-state index is 10.9. The fraction of sp³-hybridized carbons (Fsp3) is 0.625. The lowest BCUT2D eigenvalue weighted by atomic mass is 10.3. The average molecular weight is 140 g/mol. The summed E-state index contributed by atoms with van der Waals surface area (Å²) in [5, 5.41) is 0. The monoisotopic (exact) mass is 140 g/mol. The predicted molar refractivity (Wildman–Crippen MR) is 38.4 cm³/mol. The van der Waals surface area contributed by atoms with Crippen LogP contribution in [0.1, 0.15) is 13.8 Å². The lowest BCUT2D eigenvalue weighted by Gasteiger charge is -1.91. The molecule has 2 heteroatoms. The van der Waals surface area contributed by atoms with Crippen LogP contribution < -0.4 is 0 Å². The van der Waals surface area contributed by atoms with E-state index in [-0.39, 0.29) is 11.9 Å². The lowest BCUT2D eigenvalue weighted by Crippen LogP contribution is -2.03. The Balaban J connectivity index is 2.57. The number of hydrogen-bond donors (Lipinski definition) is 0. The molecule has 0 bridgehead atoms. The molecule has 0 spiro atoms. The first-order valence-electron chi connectivity index (χ1n) is 3.46. The number of esters is 1. The summed E-state index contributed by atoms with van der Waals surface area (Å²) in [6, 6.07) is 0.